The van der Waals surface area contributed by atoms with Crippen molar-refractivity contribution in [1.29, 1.82) is 0 Å². The van der Waals surface area contributed by atoms with E-state index in [0.717, 1.165) is 11.1 Å². The first kappa shape index (κ1) is 19.5. The van der Waals surface area contributed by atoms with E-state index in [1.54, 1.807) is 24.3 Å². The lowest BCUT2D eigenvalue weighted by Gasteiger charge is -2.20. The monoisotopic (exact) mass is 346 g/mol. The summed E-state index contributed by atoms with van der Waals surface area (Å²) in [5.74, 6) is 14.1. The van der Waals surface area contributed by atoms with Crippen molar-refractivity contribution in [2.24, 2.45) is 11.8 Å². The van der Waals surface area contributed by atoms with Gasteiger partial charge in [0.05, 0.1) is 11.8 Å². The van der Waals surface area contributed by atoms with Gasteiger partial charge in [-0.3, -0.25) is 0 Å². The van der Waals surface area contributed by atoms with E-state index in [2.05, 4.69) is 51.4 Å². The molecule has 2 rings (SSSR count). The molecule has 0 saturated carbocycles. The van der Waals surface area contributed by atoms with Crippen molar-refractivity contribution in [3.63, 3.8) is 0 Å². The van der Waals surface area contributed by atoms with Crippen LogP contribution in [0.2, 0.25) is 0 Å². The Hall–Kier alpha value is -2.84. The van der Waals surface area contributed by atoms with Crippen molar-refractivity contribution >= 4 is 0 Å². The minimum absolute atomic E-state index is 0.117. The standard InChI is InChI=1S/C24H26O2/c1-17(2)5-15-23(19-7-11-21(25)12-8-19)24(16-6-18(3)4)20-9-13-22(26)14-10-20/h7-14,17-18,23-26H,1-4H3. The topological polar surface area (TPSA) is 40.5 Å². The van der Waals surface area contributed by atoms with Crippen LogP contribution in [0.4, 0.5) is 0 Å². The molecule has 2 N–H and O–H groups in total. The number of benzene rings is 2. The van der Waals surface area contributed by atoms with Crippen molar-refractivity contribution in [2.45, 2.75) is 39.5 Å². The Morgan fingerprint density at radius 2 is 0.846 bits per heavy atom. The van der Waals surface area contributed by atoms with Crippen LogP contribution >= 0.6 is 0 Å². The Labute approximate surface area is 156 Å². The lowest BCUT2D eigenvalue weighted by molar-refractivity contribution is 0.474. The second-order valence-corrected chi connectivity index (χ2v) is 7.03. The minimum Gasteiger partial charge on any atom is -0.508 e. The summed E-state index contributed by atoms with van der Waals surface area (Å²) >= 11 is 0. The van der Waals surface area contributed by atoms with Gasteiger partial charge in [-0.25, -0.2) is 0 Å². The highest BCUT2D eigenvalue weighted by Gasteiger charge is 2.22. The van der Waals surface area contributed by atoms with Crippen LogP contribution in [0.3, 0.4) is 0 Å². The fourth-order valence-electron chi connectivity index (χ4n) is 2.59. The normalized spacial score (nSPS) is 12.7. The highest BCUT2D eigenvalue weighted by Crippen LogP contribution is 2.34. The molecule has 0 radical (unpaired) electrons. The number of hydrogen-bond donors (Lipinski definition) is 2. The fourth-order valence-corrected chi connectivity index (χ4v) is 2.59. The molecule has 0 heterocycles. The third kappa shape index (κ3) is 5.61. The summed E-state index contributed by atoms with van der Waals surface area (Å²) in [7, 11) is 0. The fraction of sp³-hybridized carbons (Fsp3) is 0.333. The van der Waals surface area contributed by atoms with Crippen LogP contribution in [0.1, 0.15) is 50.7 Å². The average molecular weight is 346 g/mol. The Kier molecular flexibility index (Phi) is 6.76. The summed E-state index contributed by atoms with van der Waals surface area (Å²) in [6, 6.07) is 14.3. The molecule has 0 aliphatic heterocycles. The Balaban J connectivity index is 2.57. The maximum Gasteiger partial charge on any atom is 0.115 e. The van der Waals surface area contributed by atoms with Gasteiger partial charge in [-0.05, 0) is 35.4 Å². The van der Waals surface area contributed by atoms with Crippen molar-refractivity contribution in [3.8, 4) is 35.2 Å². The van der Waals surface area contributed by atoms with Crippen LogP contribution in [-0.2, 0) is 0 Å². The van der Waals surface area contributed by atoms with Gasteiger partial charge >= 0.3 is 0 Å². The maximum absolute atomic E-state index is 9.63. The van der Waals surface area contributed by atoms with Crippen LogP contribution < -0.4 is 0 Å². The van der Waals surface area contributed by atoms with Crippen LogP contribution in [0, 0.1) is 35.5 Å². The molecule has 2 aromatic rings. The predicted octanol–water partition coefficient (Wildman–Crippen LogP) is 5.28. The highest BCUT2D eigenvalue weighted by molar-refractivity contribution is 5.43. The molecule has 2 nitrogen and oxygen atoms in total. The largest absolute Gasteiger partial charge is 0.508 e. The molecule has 0 fully saturated rings. The van der Waals surface area contributed by atoms with E-state index >= 15 is 0 Å². The predicted molar refractivity (Wildman–Crippen MR) is 107 cm³/mol. The average Bonchev–Trinajstić information content (AvgIpc) is 2.59. The first-order valence-corrected chi connectivity index (χ1v) is 8.96. The van der Waals surface area contributed by atoms with Crippen LogP contribution in [-0.4, -0.2) is 10.2 Å². The second kappa shape index (κ2) is 9.02. The Morgan fingerprint density at radius 1 is 0.538 bits per heavy atom. The summed E-state index contributed by atoms with van der Waals surface area (Å²) in [6.45, 7) is 8.26. The molecule has 0 aromatic heterocycles. The zero-order valence-electron chi connectivity index (χ0n) is 15.8. The van der Waals surface area contributed by atoms with E-state index in [1.165, 1.54) is 0 Å². The summed E-state index contributed by atoms with van der Waals surface area (Å²) in [5, 5.41) is 19.3. The van der Waals surface area contributed by atoms with E-state index in [4.69, 9.17) is 0 Å². The minimum atomic E-state index is -0.117. The maximum atomic E-state index is 9.63. The van der Waals surface area contributed by atoms with E-state index in [-0.39, 0.29) is 35.2 Å². The van der Waals surface area contributed by atoms with Gasteiger partial charge < -0.3 is 10.2 Å². The Morgan fingerprint density at radius 3 is 1.12 bits per heavy atom. The van der Waals surface area contributed by atoms with Gasteiger partial charge in [-0.15, -0.1) is 0 Å². The molecular formula is C24H26O2. The first-order chi connectivity index (χ1) is 12.4. The molecule has 2 unspecified atom stereocenters. The molecule has 2 aromatic carbocycles. The number of rotatable bonds is 3. The molecular weight excluding hydrogens is 320 g/mol. The van der Waals surface area contributed by atoms with Gasteiger partial charge in [0.2, 0.25) is 0 Å². The van der Waals surface area contributed by atoms with E-state index in [0.29, 0.717) is 0 Å². The van der Waals surface area contributed by atoms with Crippen molar-refractivity contribution < 1.29 is 10.2 Å². The third-order valence-electron chi connectivity index (χ3n) is 3.89. The smallest absolute Gasteiger partial charge is 0.115 e. The number of phenolic OH excluding ortho intramolecular Hbond substituents is 2. The number of phenols is 2. The quantitative estimate of drug-likeness (QED) is 0.742. The van der Waals surface area contributed by atoms with Crippen molar-refractivity contribution in [3.05, 3.63) is 59.7 Å². The summed E-state index contributed by atoms with van der Waals surface area (Å²) in [6.07, 6.45) is 0. The van der Waals surface area contributed by atoms with Gasteiger partial charge in [0, 0.05) is 11.8 Å². The molecule has 0 spiro atoms. The van der Waals surface area contributed by atoms with Gasteiger partial charge in [0.15, 0.2) is 0 Å². The molecule has 0 aliphatic rings. The third-order valence-corrected chi connectivity index (χ3v) is 3.89. The second-order valence-electron chi connectivity index (χ2n) is 7.03. The SMILES string of the molecule is CC(C)C#CC(c1ccc(O)cc1)C(C#CC(C)C)c1ccc(O)cc1. The molecule has 0 amide bonds. The van der Waals surface area contributed by atoms with Gasteiger partial charge in [-0.2, -0.15) is 0 Å². The summed E-state index contributed by atoms with van der Waals surface area (Å²) in [5.41, 5.74) is 2.04. The molecule has 2 heteroatoms. The lowest BCUT2D eigenvalue weighted by atomic mass is 9.81. The lowest BCUT2D eigenvalue weighted by Crippen LogP contribution is -2.09. The van der Waals surface area contributed by atoms with E-state index in [9.17, 15) is 10.2 Å². The molecule has 0 saturated heterocycles. The molecule has 2 atom stereocenters. The van der Waals surface area contributed by atoms with Crippen LogP contribution in [0.5, 0.6) is 11.5 Å². The van der Waals surface area contributed by atoms with Gasteiger partial charge in [0.1, 0.15) is 11.5 Å². The summed E-state index contributed by atoms with van der Waals surface area (Å²) in [4.78, 5) is 0. The molecule has 0 aliphatic carbocycles. The highest BCUT2D eigenvalue weighted by atomic mass is 16.3. The summed E-state index contributed by atoms with van der Waals surface area (Å²) < 4.78 is 0. The van der Waals surface area contributed by atoms with Crippen LogP contribution in [0.25, 0.3) is 0 Å². The number of aromatic hydroxyl groups is 2. The van der Waals surface area contributed by atoms with E-state index in [1.807, 2.05) is 24.3 Å². The molecule has 134 valence electrons. The zero-order chi connectivity index (χ0) is 19.1. The van der Waals surface area contributed by atoms with Gasteiger partial charge in [0.25, 0.3) is 0 Å². The Bertz CT molecular complexity index is 749. The molecule has 0 bridgehead atoms. The zero-order valence-corrected chi connectivity index (χ0v) is 15.8. The van der Waals surface area contributed by atoms with Crippen molar-refractivity contribution in [1.82, 2.24) is 0 Å². The van der Waals surface area contributed by atoms with Crippen LogP contribution in [0.15, 0.2) is 48.5 Å². The van der Waals surface area contributed by atoms with Crippen molar-refractivity contribution in [2.75, 3.05) is 0 Å². The van der Waals surface area contributed by atoms with Gasteiger partial charge in [-0.1, -0.05) is 75.6 Å². The number of hydrogen-bond acceptors (Lipinski definition) is 2. The molecule has 26 heavy (non-hydrogen) atoms. The first-order valence-electron chi connectivity index (χ1n) is 8.96. The van der Waals surface area contributed by atoms with E-state index < -0.39 is 0 Å².